The topological polar surface area (TPSA) is 72.5 Å². The summed E-state index contributed by atoms with van der Waals surface area (Å²) < 4.78 is 10.6. The van der Waals surface area contributed by atoms with Crippen LogP contribution in [0.3, 0.4) is 0 Å². The maximum atomic E-state index is 12.4. The van der Waals surface area contributed by atoms with Crippen LogP contribution in [0.5, 0.6) is 11.5 Å². The summed E-state index contributed by atoms with van der Waals surface area (Å²) >= 11 is 6.33. The van der Waals surface area contributed by atoms with Crippen molar-refractivity contribution < 1.29 is 14.3 Å². The van der Waals surface area contributed by atoms with Crippen molar-refractivity contribution in [2.24, 2.45) is 0 Å². The second-order valence-electron chi connectivity index (χ2n) is 6.52. The number of nitrogens with zero attached hydrogens (tertiary/aromatic N) is 1. The minimum absolute atomic E-state index is 0.168. The predicted molar refractivity (Wildman–Crippen MR) is 109 cm³/mol. The lowest BCUT2D eigenvalue weighted by molar-refractivity contribution is 0.102. The summed E-state index contributed by atoms with van der Waals surface area (Å²) in [5.41, 5.74) is 4.23. The fourth-order valence-electron chi connectivity index (χ4n) is 2.99. The third-order valence-corrected chi connectivity index (χ3v) is 4.64. The number of halogens is 1. The van der Waals surface area contributed by atoms with E-state index in [9.17, 15) is 4.79 Å². The minimum Gasteiger partial charge on any atom is -0.454 e. The second-order valence-corrected chi connectivity index (χ2v) is 6.93. The molecule has 2 heterocycles. The van der Waals surface area contributed by atoms with E-state index in [0.717, 1.165) is 22.5 Å². The zero-order valence-corrected chi connectivity index (χ0v) is 16.1. The predicted octanol–water partition coefficient (Wildman–Crippen LogP) is 5.08. The van der Waals surface area contributed by atoms with Gasteiger partial charge in [-0.3, -0.25) is 4.79 Å². The second kappa shape index (κ2) is 7.40. The van der Waals surface area contributed by atoms with Crippen molar-refractivity contribution in [1.29, 1.82) is 0 Å². The van der Waals surface area contributed by atoms with E-state index in [1.54, 1.807) is 30.5 Å². The SMILES string of the molecule is Cc1cc(C)c(Nc2ccc(NC(=O)c3ccc4c(c3)OCO4)nc2)c(Cl)c1. The molecule has 4 rings (SSSR count). The number of amides is 1. The molecule has 0 saturated heterocycles. The molecule has 7 heteroatoms. The average molecular weight is 396 g/mol. The highest BCUT2D eigenvalue weighted by Gasteiger charge is 2.16. The Kier molecular flexibility index (Phi) is 4.79. The van der Waals surface area contributed by atoms with Gasteiger partial charge >= 0.3 is 0 Å². The van der Waals surface area contributed by atoms with E-state index in [1.165, 1.54) is 0 Å². The number of fused-ring (bicyclic) bond motifs is 1. The molecule has 1 amide bonds. The van der Waals surface area contributed by atoms with Crippen molar-refractivity contribution in [2.75, 3.05) is 17.4 Å². The molecule has 142 valence electrons. The Balaban J connectivity index is 1.46. The van der Waals surface area contributed by atoms with Crippen LogP contribution in [0.25, 0.3) is 0 Å². The first-order chi connectivity index (χ1) is 13.5. The molecule has 0 saturated carbocycles. The summed E-state index contributed by atoms with van der Waals surface area (Å²) in [6.07, 6.45) is 1.64. The van der Waals surface area contributed by atoms with E-state index >= 15 is 0 Å². The fourth-order valence-corrected chi connectivity index (χ4v) is 3.35. The Bertz CT molecular complexity index is 1030. The molecule has 0 spiro atoms. The van der Waals surface area contributed by atoms with Crippen LogP contribution < -0.4 is 20.1 Å². The molecule has 1 aliphatic heterocycles. The maximum Gasteiger partial charge on any atom is 0.256 e. The number of pyridine rings is 1. The van der Waals surface area contributed by atoms with E-state index in [-0.39, 0.29) is 12.7 Å². The molecule has 0 unspecified atom stereocenters. The van der Waals surface area contributed by atoms with Crippen molar-refractivity contribution in [3.63, 3.8) is 0 Å². The third kappa shape index (κ3) is 3.73. The number of rotatable bonds is 4. The molecule has 6 nitrogen and oxygen atoms in total. The number of carbonyl (C=O) groups excluding carboxylic acids is 1. The molecule has 3 aromatic rings. The lowest BCUT2D eigenvalue weighted by Gasteiger charge is -2.13. The molecular formula is C21H18ClN3O3. The number of aromatic nitrogens is 1. The average Bonchev–Trinajstić information content (AvgIpc) is 3.13. The van der Waals surface area contributed by atoms with E-state index in [0.29, 0.717) is 27.9 Å². The summed E-state index contributed by atoms with van der Waals surface area (Å²) in [7, 11) is 0. The third-order valence-electron chi connectivity index (χ3n) is 4.34. The van der Waals surface area contributed by atoms with Gasteiger partial charge in [0.05, 0.1) is 22.6 Å². The minimum atomic E-state index is -0.274. The Hall–Kier alpha value is -3.25. The maximum absolute atomic E-state index is 12.4. The van der Waals surface area contributed by atoms with E-state index in [2.05, 4.69) is 21.7 Å². The van der Waals surface area contributed by atoms with Gasteiger partial charge in [-0.2, -0.15) is 0 Å². The summed E-state index contributed by atoms with van der Waals surface area (Å²) in [5.74, 6) is 1.37. The summed E-state index contributed by atoms with van der Waals surface area (Å²) in [6, 6.07) is 12.6. The smallest absolute Gasteiger partial charge is 0.256 e. The molecule has 0 radical (unpaired) electrons. The largest absolute Gasteiger partial charge is 0.454 e. The molecule has 0 atom stereocenters. The Morgan fingerprint density at radius 3 is 2.64 bits per heavy atom. The quantitative estimate of drug-likeness (QED) is 0.644. The van der Waals surface area contributed by atoms with E-state index < -0.39 is 0 Å². The normalized spacial score (nSPS) is 12.0. The number of nitrogens with one attached hydrogen (secondary N) is 2. The van der Waals surface area contributed by atoms with E-state index in [4.69, 9.17) is 21.1 Å². The van der Waals surface area contributed by atoms with Crippen LogP contribution in [0.1, 0.15) is 21.5 Å². The standard InChI is InChI=1S/C21H18ClN3O3/c1-12-7-13(2)20(16(22)8-12)24-15-4-6-19(23-10-15)25-21(26)14-3-5-17-18(9-14)28-11-27-17/h3-10,24H,11H2,1-2H3,(H,23,25,26). The molecule has 0 fully saturated rings. The summed E-state index contributed by atoms with van der Waals surface area (Å²) in [4.78, 5) is 16.7. The highest BCUT2D eigenvalue weighted by Crippen LogP contribution is 2.33. The highest BCUT2D eigenvalue weighted by molar-refractivity contribution is 6.33. The number of anilines is 3. The number of benzene rings is 2. The number of hydrogen-bond acceptors (Lipinski definition) is 5. The van der Waals surface area contributed by atoms with Gasteiger partial charge in [-0.15, -0.1) is 0 Å². The van der Waals surface area contributed by atoms with Crippen LogP contribution >= 0.6 is 11.6 Å². The first-order valence-corrected chi connectivity index (χ1v) is 9.08. The molecule has 1 aromatic heterocycles. The summed E-state index contributed by atoms with van der Waals surface area (Å²) in [6.45, 7) is 4.16. The lowest BCUT2D eigenvalue weighted by atomic mass is 10.1. The van der Waals surface area contributed by atoms with Crippen molar-refractivity contribution in [3.05, 3.63) is 70.4 Å². The van der Waals surface area contributed by atoms with Crippen molar-refractivity contribution in [1.82, 2.24) is 4.98 Å². The number of carbonyl (C=O) groups is 1. The van der Waals surface area contributed by atoms with Crippen LogP contribution in [0.15, 0.2) is 48.7 Å². The molecular weight excluding hydrogens is 378 g/mol. The van der Waals surface area contributed by atoms with Gasteiger partial charge < -0.3 is 20.1 Å². The Morgan fingerprint density at radius 2 is 1.89 bits per heavy atom. The van der Waals surface area contributed by atoms with Gasteiger partial charge in [0.25, 0.3) is 5.91 Å². The van der Waals surface area contributed by atoms with Gasteiger partial charge in [-0.1, -0.05) is 17.7 Å². The van der Waals surface area contributed by atoms with Crippen LogP contribution in [0, 0.1) is 13.8 Å². The van der Waals surface area contributed by atoms with Gasteiger partial charge in [0.1, 0.15) is 5.82 Å². The van der Waals surface area contributed by atoms with Crippen LogP contribution in [0.4, 0.5) is 17.2 Å². The van der Waals surface area contributed by atoms with Crippen molar-refractivity contribution >= 4 is 34.7 Å². The number of aryl methyl sites for hydroxylation is 2. The summed E-state index contributed by atoms with van der Waals surface area (Å²) in [5, 5.41) is 6.69. The lowest BCUT2D eigenvalue weighted by Crippen LogP contribution is -2.12. The van der Waals surface area contributed by atoms with Gasteiger partial charge in [-0.05, 0) is 61.4 Å². The number of hydrogen-bond donors (Lipinski definition) is 2. The Morgan fingerprint density at radius 1 is 1.07 bits per heavy atom. The fraction of sp³-hybridized carbons (Fsp3) is 0.143. The van der Waals surface area contributed by atoms with Gasteiger partial charge in [0.2, 0.25) is 6.79 Å². The van der Waals surface area contributed by atoms with E-state index in [1.807, 2.05) is 26.0 Å². The highest BCUT2D eigenvalue weighted by atomic mass is 35.5. The molecule has 2 N–H and O–H groups in total. The van der Waals surface area contributed by atoms with Crippen LogP contribution in [-0.2, 0) is 0 Å². The van der Waals surface area contributed by atoms with Crippen LogP contribution in [0.2, 0.25) is 5.02 Å². The first kappa shape index (κ1) is 18.1. The van der Waals surface area contributed by atoms with Gasteiger partial charge in [0.15, 0.2) is 11.5 Å². The first-order valence-electron chi connectivity index (χ1n) is 8.70. The molecule has 1 aliphatic rings. The molecule has 28 heavy (non-hydrogen) atoms. The Labute approximate surface area is 167 Å². The molecule has 2 aromatic carbocycles. The van der Waals surface area contributed by atoms with Crippen LogP contribution in [-0.4, -0.2) is 17.7 Å². The molecule has 0 aliphatic carbocycles. The van der Waals surface area contributed by atoms with Crippen molar-refractivity contribution in [2.45, 2.75) is 13.8 Å². The zero-order chi connectivity index (χ0) is 19.7. The zero-order valence-electron chi connectivity index (χ0n) is 15.4. The number of ether oxygens (including phenoxy) is 2. The van der Waals surface area contributed by atoms with Crippen molar-refractivity contribution in [3.8, 4) is 11.5 Å². The molecule has 0 bridgehead atoms. The van der Waals surface area contributed by atoms with Gasteiger partial charge in [-0.25, -0.2) is 4.98 Å². The monoisotopic (exact) mass is 395 g/mol. The van der Waals surface area contributed by atoms with Gasteiger partial charge in [0, 0.05) is 5.56 Å².